The number of sulfonamides is 1. The van der Waals surface area contributed by atoms with Gasteiger partial charge in [0.1, 0.15) is 0 Å². The van der Waals surface area contributed by atoms with E-state index in [1.807, 2.05) is 0 Å². The molecule has 1 N–H and O–H groups in total. The Labute approximate surface area is 212 Å². The van der Waals surface area contributed by atoms with E-state index >= 15 is 0 Å². The van der Waals surface area contributed by atoms with E-state index in [1.54, 1.807) is 18.2 Å². The van der Waals surface area contributed by atoms with Crippen LogP contribution < -0.4 is 5.32 Å². The van der Waals surface area contributed by atoms with E-state index in [2.05, 4.69) is 34.5 Å². The third-order valence-electron chi connectivity index (χ3n) is 6.63. The van der Waals surface area contributed by atoms with Gasteiger partial charge in [-0.05, 0) is 62.0 Å². The third kappa shape index (κ3) is 6.52. The minimum absolute atomic E-state index is 0.114. The average molecular weight is 525 g/mol. The van der Waals surface area contributed by atoms with Gasteiger partial charge in [0.05, 0.1) is 11.7 Å². The molecule has 2 aliphatic rings. The maximum atomic E-state index is 13.0. The van der Waals surface area contributed by atoms with Crippen molar-refractivity contribution >= 4 is 39.1 Å². The first-order valence-electron chi connectivity index (χ1n) is 11.8. The number of likely N-dealkylation sites (tertiary alicyclic amines) is 1. The Kier molecular flexibility index (Phi) is 8.53. The molecule has 0 bridgehead atoms. The summed E-state index contributed by atoms with van der Waals surface area (Å²) in [6.07, 6.45) is 3.85. The molecule has 1 amide bonds. The molecule has 2 aliphatic heterocycles. The summed E-state index contributed by atoms with van der Waals surface area (Å²) < 4.78 is 27.5. The number of carbonyl (C=O) groups excluding carboxylic acids is 1. The number of benzene rings is 2. The predicted molar refractivity (Wildman–Crippen MR) is 136 cm³/mol. The number of piperidine rings is 1. The van der Waals surface area contributed by atoms with Crippen LogP contribution in [-0.2, 0) is 33.7 Å². The zero-order chi connectivity index (χ0) is 24.1. The molecular formula is C25H31Cl2N3O3S. The van der Waals surface area contributed by atoms with E-state index in [0.29, 0.717) is 41.5 Å². The lowest BCUT2D eigenvalue weighted by molar-refractivity contribution is -0.126. The van der Waals surface area contributed by atoms with Crippen molar-refractivity contribution in [3.63, 3.8) is 0 Å². The number of hydrogen-bond donors (Lipinski definition) is 1. The largest absolute Gasteiger partial charge is 0.352 e. The fourth-order valence-electron chi connectivity index (χ4n) is 4.65. The fraction of sp³-hybridized carbons (Fsp3) is 0.480. The van der Waals surface area contributed by atoms with Crippen LogP contribution in [0.15, 0.2) is 42.5 Å². The Morgan fingerprint density at radius 3 is 2.26 bits per heavy atom. The molecule has 4 rings (SSSR count). The summed E-state index contributed by atoms with van der Waals surface area (Å²) in [5.74, 6) is -0.764. The highest BCUT2D eigenvalue weighted by molar-refractivity contribution is 7.88. The van der Waals surface area contributed by atoms with Gasteiger partial charge in [-0.25, -0.2) is 12.7 Å². The van der Waals surface area contributed by atoms with Crippen molar-refractivity contribution in [1.29, 1.82) is 0 Å². The van der Waals surface area contributed by atoms with Crippen molar-refractivity contribution in [2.24, 2.45) is 5.92 Å². The normalized spacial score (nSPS) is 19.9. The lowest BCUT2D eigenvalue weighted by Gasteiger charge is -2.31. The highest BCUT2D eigenvalue weighted by Crippen LogP contribution is 2.29. The Bertz CT molecular complexity index is 1080. The van der Waals surface area contributed by atoms with Gasteiger partial charge in [-0.1, -0.05) is 53.5 Å². The standard InChI is InChI=1S/C25H31Cl2N3O3S/c26-23-6-3-7-24(27)22(23)18-34(32,33)30-14-4-5-21(17-30)25(31)28-15-19-8-10-20(11-9-19)16-29-12-1-2-13-29/h3,6-11,21H,1-2,4-5,12-18H2,(H,28,31)/t21-/m1/s1. The van der Waals surface area contributed by atoms with Crippen LogP contribution in [0.25, 0.3) is 0 Å². The summed E-state index contributed by atoms with van der Waals surface area (Å²) >= 11 is 12.3. The molecule has 34 heavy (non-hydrogen) atoms. The van der Waals surface area contributed by atoms with E-state index in [1.165, 1.54) is 22.7 Å². The highest BCUT2D eigenvalue weighted by Gasteiger charge is 2.33. The smallest absolute Gasteiger partial charge is 0.224 e. The summed E-state index contributed by atoms with van der Waals surface area (Å²) in [4.78, 5) is 15.3. The molecule has 2 fully saturated rings. The zero-order valence-corrected chi connectivity index (χ0v) is 21.5. The summed E-state index contributed by atoms with van der Waals surface area (Å²) in [6.45, 7) is 4.30. The van der Waals surface area contributed by atoms with E-state index in [9.17, 15) is 13.2 Å². The minimum atomic E-state index is -3.65. The zero-order valence-electron chi connectivity index (χ0n) is 19.2. The van der Waals surface area contributed by atoms with Gasteiger partial charge in [-0.2, -0.15) is 0 Å². The van der Waals surface area contributed by atoms with E-state index in [0.717, 1.165) is 25.2 Å². The van der Waals surface area contributed by atoms with Crippen molar-refractivity contribution in [3.8, 4) is 0 Å². The van der Waals surface area contributed by atoms with Crippen molar-refractivity contribution < 1.29 is 13.2 Å². The SMILES string of the molecule is O=C(NCc1ccc(CN2CCCC2)cc1)[C@@H]1CCCN(S(=O)(=O)Cc2c(Cl)cccc2Cl)C1. The van der Waals surface area contributed by atoms with E-state index in [-0.39, 0.29) is 24.1 Å². The average Bonchev–Trinajstić information content (AvgIpc) is 3.34. The second-order valence-corrected chi connectivity index (χ2v) is 12.0. The molecule has 0 aromatic heterocycles. The summed E-state index contributed by atoms with van der Waals surface area (Å²) in [5.41, 5.74) is 2.71. The summed E-state index contributed by atoms with van der Waals surface area (Å²) in [6, 6.07) is 13.3. The van der Waals surface area contributed by atoms with Gasteiger partial charge in [0.25, 0.3) is 0 Å². The van der Waals surface area contributed by atoms with Crippen LogP contribution in [0.2, 0.25) is 10.0 Å². The van der Waals surface area contributed by atoms with Crippen molar-refractivity contribution in [1.82, 2.24) is 14.5 Å². The van der Waals surface area contributed by atoms with Crippen molar-refractivity contribution in [3.05, 3.63) is 69.2 Å². The van der Waals surface area contributed by atoms with Gasteiger partial charge in [0.15, 0.2) is 0 Å². The molecular weight excluding hydrogens is 493 g/mol. The van der Waals surface area contributed by atoms with Gasteiger partial charge in [0.2, 0.25) is 15.9 Å². The van der Waals surface area contributed by atoms with E-state index < -0.39 is 10.0 Å². The molecule has 2 saturated heterocycles. The number of carbonyl (C=O) groups is 1. The molecule has 9 heteroatoms. The van der Waals surface area contributed by atoms with E-state index in [4.69, 9.17) is 23.2 Å². The Morgan fingerprint density at radius 2 is 1.59 bits per heavy atom. The van der Waals surface area contributed by atoms with Gasteiger partial charge >= 0.3 is 0 Å². The number of rotatable bonds is 8. The maximum absolute atomic E-state index is 13.0. The van der Waals surface area contributed by atoms with Crippen molar-refractivity contribution in [2.45, 2.75) is 44.5 Å². The van der Waals surface area contributed by atoms with Crippen LogP contribution in [0.3, 0.4) is 0 Å². The van der Waals surface area contributed by atoms with Gasteiger partial charge in [-0.15, -0.1) is 0 Å². The molecule has 1 atom stereocenters. The predicted octanol–water partition coefficient (Wildman–Crippen LogP) is 4.45. The first kappa shape index (κ1) is 25.5. The quantitative estimate of drug-likeness (QED) is 0.554. The second-order valence-electron chi connectivity index (χ2n) is 9.17. The van der Waals surface area contributed by atoms with Crippen LogP contribution in [0.4, 0.5) is 0 Å². The molecule has 0 saturated carbocycles. The maximum Gasteiger partial charge on any atom is 0.224 e. The Hall–Kier alpha value is -1.64. The first-order valence-corrected chi connectivity index (χ1v) is 14.2. The fourth-order valence-corrected chi connectivity index (χ4v) is 7.01. The van der Waals surface area contributed by atoms with Gasteiger partial charge < -0.3 is 5.32 Å². The lowest BCUT2D eigenvalue weighted by Crippen LogP contribution is -2.45. The van der Waals surface area contributed by atoms with Crippen LogP contribution >= 0.6 is 23.2 Å². The monoisotopic (exact) mass is 523 g/mol. The summed E-state index contributed by atoms with van der Waals surface area (Å²) in [5, 5.41) is 3.64. The van der Waals surface area contributed by atoms with Crippen LogP contribution in [0.1, 0.15) is 42.4 Å². The lowest BCUT2D eigenvalue weighted by atomic mass is 9.98. The number of halogens is 2. The molecule has 2 aromatic carbocycles. The molecule has 0 aliphatic carbocycles. The number of amides is 1. The Balaban J connectivity index is 1.30. The van der Waals surface area contributed by atoms with Gasteiger partial charge in [-0.3, -0.25) is 9.69 Å². The topological polar surface area (TPSA) is 69.7 Å². The minimum Gasteiger partial charge on any atom is -0.352 e. The number of nitrogens with zero attached hydrogens (tertiary/aromatic N) is 2. The molecule has 0 spiro atoms. The first-order chi connectivity index (χ1) is 16.3. The molecule has 6 nitrogen and oxygen atoms in total. The number of nitrogens with one attached hydrogen (secondary N) is 1. The van der Waals surface area contributed by atoms with Crippen LogP contribution in [0.5, 0.6) is 0 Å². The van der Waals surface area contributed by atoms with Gasteiger partial charge in [0, 0.05) is 41.8 Å². The Morgan fingerprint density at radius 1 is 0.941 bits per heavy atom. The molecule has 2 aromatic rings. The number of hydrogen-bond acceptors (Lipinski definition) is 4. The second kappa shape index (κ2) is 11.4. The molecule has 2 heterocycles. The summed E-state index contributed by atoms with van der Waals surface area (Å²) in [7, 11) is -3.65. The van der Waals surface area contributed by atoms with Crippen LogP contribution in [0, 0.1) is 5.92 Å². The third-order valence-corrected chi connectivity index (χ3v) is 9.11. The van der Waals surface area contributed by atoms with Crippen LogP contribution in [-0.4, -0.2) is 49.7 Å². The highest BCUT2D eigenvalue weighted by atomic mass is 35.5. The van der Waals surface area contributed by atoms with Crippen molar-refractivity contribution in [2.75, 3.05) is 26.2 Å². The molecule has 0 radical (unpaired) electrons. The molecule has 0 unspecified atom stereocenters. The molecule has 184 valence electrons.